The Kier molecular flexibility index (Phi) is 4.90. The second-order valence-corrected chi connectivity index (χ2v) is 5.84. The van der Waals surface area contributed by atoms with E-state index in [-0.39, 0.29) is 18.1 Å². The Morgan fingerprint density at radius 1 is 1.38 bits per heavy atom. The number of methoxy groups -OCH3 is 1. The highest BCUT2D eigenvalue weighted by atomic mass is 16.5. The van der Waals surface area contributed by atoms with Crippen molar-refractivity contribution in [2.45, 2.75) is 45.9 Å². The van der Waals surface area contributed by atoms with Gasteiger partial charge in [-0.15, -0.1) is 0 Å². The number of aryl methyl sites for hydroxylation is 2. The fourth-order valence-corrected chi connectivity index (χ4v) is 2.68. The van der Waals surface area contributed by atoms with E-state index in [1.165, 1.54) is 0 Å². The Balaban J connectivity index is 2.07. The van der Waals surface area contributed by atoms with Crippen LogP contribution in [0.3, 0.4) is 0 Å². The maximum absolute atomic E-state index is 12.4. The quantitative estimate of drug-likeness (QED) is 0.894. The largest absolute Gasteiger partial charge is 0.378 e. The molecule has 1 aliphatic heterocycles. The summed E-state index contributed by atoms with van der Waals surface area (Å²) in [6.45, 7) is 9.57. The molecule has 1 aromatic heterocycles. The molecule has 2 heterocycles. The molecule has 6 nitrogen and oxygen atoms in total. The van der Waals surface area contributed by atoms with Crippen LogP contribution in [-0.4, -0.2) is 59.2 Å². The van der Waals surface area contributed by atoms with Gasteiger partial charge in [0.1, 0.15) is 11.5 Å². The predicted octanol–water partition coefficient (Wildman–Crippen LogP) is 0.931. The van der Waals surface area contributed by atoms with Crippen molar-refractivity contribution in [2.24, 2.45) is 0 Å². The zero-order chi connectivity index (χ0) is 15.6. The summed E-state index contributed by atoms with van der Waals surface area (Å²) >= 11 is 0. The lowest BCUT2D eigenvalue weighted by molar-refractivity contribution is 0.0750. The predicted molar refractivity (Wildman–Crippen MR) is 80.3 cm³/mol. The molecule has 1 aliphatic rings. The van der Waals surface area contributed by atoms with Crippen molar-refractivity contribution >= 4 is 5.91 Å². The molecule has 1 aromatic rings. The number of nitrogens with zero attached hydrogens (tertiary/aromatic N) is 3. The molecule has 2 rings (SSSR count). The van der Waals surface area contributed by atoms with E-state index in [2.05, 4.69) is 34.0 Å². The lowest BCUT2D eigenvalue weighted by Crippen LogP contribution is -2.44. The summed E-state index contributed by atoms with van der Waals surface area (Å²) in [6, 6.07) is 2.13. The van der Waals surface area contributed by atoms with Crippen LogP contribution in [0.25, 0.3) is 0 Å². The Hall–Kier alpha value is -1.53. The van der Waals surface area contributed by atoms with E-state index in [0.717, 1.165) is 18.8 Å². The van der Waals surface area contributed by atoms with Gasteiger partial charge in [0.25, 0.3) is 5.91 Å². The van der Waals surface area contributed by atoms with E-state index in [1.807, 2.05) is 6.92 Å². The number of hydrogen-bond donors (Lipinski definition) is 1. The molecule has 1 fully saturated rings. The van der Waals surface area contributed by atoms with Crippen LogP contribution in [0.4, 0.5) is 0 Å². The first-order valence-corrected chi connectivity index (χ1v) is 7.30. The number of hydrogen-bond acceptors (Lipinski definition) is 5. The van der Waals surface area contributed by atoms with Gasteiger partial charge >= 0.3 is 0 Å². The van der Waals surface area contributed by atoms with Gasteiger partial charge in [-0.2, -0.15) is 0 Å². The van der Waals surface area contributed by atoms with Crippen molar-refractivity contribution in [1.29, 1.82) is 0 Å². The highest BCUT2D eigenvalue weighted by Crippen LogP contribution is 2.16. The van der Waals surface area contributed by atoms with Gasteiger partial charge in [0, 0.05) is 31.9 Å². The van der Waals surface area contributed by atoms with Gasteiger partial charge in [-0.25, -0.2) is 9.97 Å². The maximum Gasteiger partial charge on any atom is 0.270 e. The number of rotatable bonds is 4. The molecule has 2 atom stereocenters. The van der Waals surface area contributed by atoms with Gasteiger partial charge in [-0.1, -0.05) is 0 Å². The SMILES string of the molecule is CO[C@H]1CN(C(C)C)C[C@@H]1NC(=O)c1cc(C)nc(C)n1. The van der Waals surface area contributed by atoms with Crippen molar-refractivity contribution in [3.8, 4) is 0 Å². The second kappa shape index (κ2) is 6.49. The fourth-order valence-electron chi connectivity index (χ4n) is 2.68. The highest BCUT2D eigenvalue weighted by Gasteiger charge is 2.35. The molecule has 6 heteroatoms. The lowest BCUT2D eigenvalue weighted by Gasteiger charge is -2.20. The normalized spacial score (nSPS) is 22.8. The van der Waals surface area contributed by atoms with E-state index in [4.69, 9.17) is 4.74 Å². The van der Waals surface area contributed by atoms with E-state index < -0.39 is 0 Å². The van der Waals surface area contributed by atoms with Gasteiger partial charge in [0.15, 0.2) is 0 Å². The fraction of sp³-hybridized carbons (Fsp3) is 0.667. The number of likely N-dealkylation sites (tertiary alicyclic amines) is 1. The first-order valence-electron chi connectivity index (χ1n) is 7.30. The summed E-state index contributed by atoms with van der Waals surface area (Å²) in [5.74, 6) is 0.444. The average molecular weight is 292 g/mol. The van der Waals surface area contributed by atoms with Crippen LogP contribution < -0.4 is 5.32 Å². The molecule has 1 saturated heterocycles. The summed E-state index contributed by atoms with van der Waals surface area (Å²) in [7, 11) is 1.69. The molecule has 21 heavy (non-hydrogen) atoms. The van der Waals surface area contributed by atoms with E-state index in [1.54, 1.807) is 20.1 Å². The summed E-state index contributed by atoms with van der Waals surface area (Å²) in [4.78, 5) is 23.1. The van der Waals surface area contributed by atoms with Crippen LogP contribution >= 0.6 is 0 Å². The Morgan fingerprint density at radius 2 is 2.10 bits per heavy atom. The third kappa shape index (κ3) is 3.77. The van der Waals surface area contributed by atoms with E-state index in [0.29, 0.717) is 17.6 Å². The van der Waals surface area contributed by atoms with Crippen LogP contribution in [0.2, 0.25) is 0 Å². The van der Waals surface area contributed by atoms with Crippen molar-refractivity contribution in [3.05, 3.63) is 23.3 Å². The molecule has 0 unspecified atom stereocenters. The van der Waals surface area contributed by atoms with E-state index >= 15 is 0 Å². The zero-order valence-corrected chi connectivity index (χ0v) is 13.4. The highest BCUT2D eigenvalue weighted by molar-refractivity contribution is 5.92. The minimum Gasteiger partial charge on any atom is -0.378 e. The number of amides is 1. The molecule has 0 saturated carbocycles. The summed E-state index contributed by atoms with van der Waals surface area (Å²) < 4.78 is 5.50. The Labute approximate surface area is 125 Å². The molecule has 0 bridgehead atoms. The zero-order valence-electron chi connectivity index (χ0n) is 13.4. The standard InChI is InChI=1S/C15H24N4O2/c1-9(2)19-7-13(14(8-19)21-5)18-15(20)12-6-10(3)16-11(4)17-12/h6,9,13-14H,7-8H2,1-5H3,(H,18,20)/t13-,14-/m0/s1. The van der Waals surface area contributed by atoms with Gasteiger partial charge in [-0.05, 0) is 33.8 Å². The average Bonchev–Trinajstić information content (AvgIpc) is 2.80. The molecule has 116 valence electrons. The molecule has 1 amide bonds. The molecular weight excluding hydrogens is 268 g/mol. The number of carbonyl (C=O) groups is 1. The third-order valence-electron chi connectivity index (χ3n) is 3.84. The van der Waals surface area contributed by atoms with Gasteiger partial charge in [0.2, 0.25) is 0 Å². The van der Waals surface area contributed by atoms with Gasteiger partial charge in [0.05, 0.1) is 12.1 Å². The summed E-state index contributed by atoms with van der Waals surface area (Å²) in [6.07, 6.45) is 0.0142. The van der Waals surface area contributed by atoms with Crippen molar-refractivity contribution < 1.29 is 9.53 Å². The lowest BCUT2D eigenvalue weighted by atomic mass is 10.2. The molecule has 1 N–H and O–H groups in total. The van der Waals surface area contributed by atoms with Crippen LogP contribution in [-0.2, 0) is 4.74 Å². The van der Waals surface area contributed by atoms with Crippen LogP contribution in [0.5, 0.6) is 0 Å². The Bertz CT molecular complexity index is 498. The van der Waals surface area contributed by atoms with Crippen molar-refractivity contribution in [3.63, 3.8) is 0 Å². The summed E-state index contributed by atoms with van der Waals surface area (Å²) in [5.41, 5.74) is 1.21. The molecule has 0 aromatic carbocycles. The first-order chi connectivity index (χ1) is 9.90. The maximum atomic E-state index is 12.4. The number of nitrogens with one attached hydrogen (secondary N) is 1. The van der Waals surface area contributed by atoms with Crippen LogP contribution in [0.1, 0.15) is 35.9 Å². The van der Waals surface area contributed by atoms with Crippen LogP contribution in [0.15, 0.2) is 6.07 Å². The van der Waals surface area contributed by atoms with Crippen LogP contribution in [0, 0.1) is 13.8 Å². The third-order valence-corrected chi connectivity index (χ3v) is 3.84. The topological polar surface area (TPSA) is 67.3 Å². The molecule has 0 spiro atoms. The Morgan fingerprint density at radius 3 is 2.67 bits per heavy atom. The van der Waals surface area contributed by atoms with Crippen molar-refractivity contribution in [2.75, 3.05) is 20.2 Å². The second-order valence-electron chi connectivity index (χ2n) is 5.84. The van der Waals surface area contributed by atoms with Crippen molar-refractivity contribution in [1.82, 2.24) is 20.2 Å². The molecular formula is C15H24N4O2. The smallest absolute Gasteiger partial charge is 0.270 e. The molecule has 0 aliphatic carbocycles. The number of carbonyl (C=O) groups excluding carboxylic acids is 1. The monoisotopic (exact) mass is 292 g/mol. The molecule has 0 radical (unpaired) electrons. The minimum absolute atomic E-state index is 0.0134. The van der Waals surface area contributed by atoms with Gasteiger partial charge in [-0.3, -0.25) is 9.69 Å². The first kappa shape index (κ1) is 15.9. The number of aromatic nitrogens is 2. The van der Waals surface area contributed by atoms with Gasteiger partial charge < -0.3 is 10.1 Å². The minimum atomic E-state index is -0.166. The number of ether oxygens (including phenoxy) is 1. The van der Waals surface area contributed by atoms with E-state index in [9.17, 15) is 4.79 Å². The summed E-state index contributed by atoms with van der Waals surface area (Å²) in [5, 5.41) is 3.04.